The van der Waals surface area contributed by atoms with E-state index in [1.165, 1.54) is 0 Å². The highest BCUT2D eigenvalue weighted by atomic mass is 31.2. The number of phosphoric acid groups is 1. The van der Waals surface area contributed by atoms with Crippen LogP contribution in [0.5, 0.6) is 11.5 Å². The van der Waals surface area contributed by atoms with Crippen molar-refractivity contribution in [3.8, 4) is 11.5 Å². The smallest absolute Gasteiger partial charge is 0.395 e. The Labute approximate surface area is 181 Å². The van der Waals surface area contributed by atoms with Crippen molar-refractivity contribution in [3.63, 3.8) is 0 Å². The van der Waals surface area contributed by atoms with Crippen LogP contribution >= 0.6 is 7.82 Å². The summed E-state index contributed by atoms with van der Waals surface area (Å²) < 4.78 is 24.3. The summed E-state index contributed by atoms with van der Waals surface area (Å²) in [7, 11) is -4.33. The van der Waals surface area contributed by atoms with Crippen molar-refractivity contribution in [3.05, 3.63) is 57.6 Å². The lowest BCUT2D eigenvalue weighted by molar-refractivity contribution is 0.183. The maximum atomic E-state index is 12.9. The Morgan fingerprint density at radius 3 is 1.60 bits per heavy atom. The fourth-order valence-corrected chi connectivity index (χ4v) is 6.38. The molecule has 0 saturated heterocycles. The minimum atomic E-state index is -4.33. The highest BCUT2D eigenvalue weighted by Crippen LogP contribution is 2.59. The summed E-state index contributed by atoms with van der Waals surface area (Å²) >= 11 is 0. The van der Waals surface area contributed by atoms with Crippen LogP contribution in [0.2, 0.25) is 0 Å². The molecular weight excluding hydrogens is 395 g/mol. The average molecular weight is 431 g/mol. The molecule has 1 heterocycles. The van der Waals surface area contributed by atoms with Gasteiger partial charge in [0.1, 0.15) is 11.5 Å². The van der Waals surface area contributed by atoms with Gasteiger partial charge in [-0.05, 0) is 56.1 Å². The van der Waals surface area contributed by atoms with Crippen LogP contribution < -0.4 is 9.05 Å². The van der Waals surface area contributed by atoms with Crippen LogP contribution in [0, 0.1) is 38.5 Å². The Morgan fingerprint density at radius 2 is 1.23 bits per heavy atom. The Morgan fingerprint density at radius 1 is 0.833 bits per heavy atom. The lowest BCUT2D eigenvalue weighted by atomic mass is 9.64. The number of fused-ring (bicyclic) bond motifs is 2. The van der Waals surface area contributed by atoms with Crippen molar-refractivity contribution in [1.29, 1.82) is 0 Å². The third-order valence-electron chi connectivity index (χ3n) is 5.70. The molecule has 3 rings (SSSR count). The first-order chi connectivity index (χ1) is 13.6. The number of hydrogen-bond acceptors (Lipinski definition) is 3. The van der Waals surface area contributed by atoms with E-state index in [0.717, 1.165) is 39.8 Å². The van der Waals surface area contributed by atoms with E-state index in [1.807, 2.05) is 26.0 Å². The van der Waals surface area contributed by atoms with E-state index in [4.69, 9.17) is 9.05 Å². The van der Waals surface area contributed by atoms with E-state index in [9.17, 15) is 9.46 Å². The topological polar surface area (TPSA) is 55.8 Å². The average Bonchev–Trinajstić information content (AvgIpc) is 2.50. The molecule has 0 spiro atoms. The van der Waals surface area contributed by atoms with E-state index in [-0.39, 0.29) is 16.7 Å². The van der Waals surface area contributed by atoms with Gasteiger partial charge >= 0.3 is 7.82 Å². The van der Waals surface area contributed by atoms with Gasteiger partial charge in [0.15, 0.2) is 0 Å². The summed E-state index contributed by atoms with van der Waals surface area (Å²) in [5, 5.41) is 0. The van der Waals surface area contributed by atoms with Crippen LogP contribution in [0.3, 0.4) is 0 Å². The van der Waals surface area contributed by atoms with Gasteiger partial charge in [0.05, 0.1) is 0 Å². The summed E-state index contributed by atoms with van der Waals surface area (Å²) in [6.07, 6.45) is 0.959. The maximum absolute atomic E-state index is 12.9. The second-order valence-corrected chi connectivity index (χ2v) is 12.1. The van der Waals surface area contributed by atoms with Gasteiger partial charge in [0.2, 0.25) is 0 Å². The molecule has 0 atom stereocenters. The van der Waals surface area contributed by atoms with Crippen molar-refractivity contribution in [2.24, 2.45) is 10.8 Å². The maximum Gasteiger partial charge on any atom is 0.584 e. The zero-order valence-electron chi connectivity index (χ0n) is 19.7. The number of rotatable bonds is 2. The van der Waals surface area contributed by atoms with Gasteiger partial charge in [-0.1, -0.05) is 70.0 Å². The third-order valence-corrected chi connectivity index (χ3v) is 6.52. The van der Waals surface area contributed by atoms with Crippen molar-refractivity contribution < 1.29 is 18.5 Å². The first-order valence-corrected chi connectivity index (χ1v) is 12.0. The zero-order valence-corrected chi connectivity index (χ0v) is 20.6. The Hall–Kier alpha value is -1.77. The van der Waals surface area contributed by atoms with Gasteiger partial charge in [0, 0.05) is 17.0 Å². The molecule has 5 heteroatoms. The molecule has 0 amide bonds. The molecule has 0 saturated carbocycles. The van der Waals surface area contributed by atoms with Crippen molar-refractivity contribution in [2.45, 2.75) is 74.7 Å². The van der Waals surface area contributed by atoms with Gasteiger partial charge in [0.25, 0.3) is 0 Å². The summed E-state index contributed by atoms with van der Waals surface area (Å²) in [5.41, 5.74) is 5.73. The summed E-state index contributed by atoms with van der Waals surface area (Å²) in [5.74, 6) is 0.866. The van der Waals surface area contributed by atoms with E-state index in [1.54, 1.807) is 0 Å². The molecule has 1 aliphatic heterocycles. The predicted octanol–water partition coefficient (Wildman–Crippen LogP) is 7.39. The van der Waals surface area contributed by atoms with Gasteiger partial charge in [-0.15, -0.1) is 0 Å². The molecule has 164 valence electrons. The molecule has 0 aromatic heterocycles. The fourth-order valence-electron chi connectivity index (χ4n) is 5.38. The Bertz CT molecular complexity index is 965. The van der Waals surface area contributed by atoms with E-state index >= 15 is 0 Å². The number of hydrogen-bond donors (Lipinski definition) is 1. The van der Waals surface area contributed by atoms with Crippen molar-refractivity contribution in [1.82, 2.24) is 0 Å². The minimum Gasteiger partial charge on any atom is -0.395 e. The molecule has 0 unspecified atom stereocenters. The van der Waals surface area contributed by atoms with Crippen molar-refractivity contribution in [2.75, 3.05) is 0 Å². The summed E-state index contributed by atoms with van der Waals surface area (Å²) in [4.78, 5) is 10.5. The van der Waals surface area contributed by atoms with Gasteiger partial charge in [-0.25, -0.2) is 4.57 Å². The van der Waals surface area contributed by atoms with Crippen LogP contribution in [-0.4, -0.2) is 4.89 Å². The molecule has 1 aliphatic rings. The lowest BCUT2D eigenvalue weighted by Crippen LogP contribution is -2.30. The normalized spacial score (nSPS) is 21.6. The van der Waals surface area contributed by atoms with E-state index < -0.39 is 7.82 Å². The highest BCUT2D eigenvalue weighted by molar-refractivity contribution is 7.48. The molecule has 30 heavy (non-hydrogen) atoms. The molecule has 0 radical (unpaired) electrons. The summed E-state index contributed by atoms with van der Waals surface area (Å²) in [6.45, 7) is 19.2. The fraction of sp³-hybridized carbons (Fsp3) is 0.520. The van der Waals surface area contributed by atoms with Crippen LogP contribution in [0.15, 0.2) is 24.3 Å². The monoisotopic (exact) mass is 430 g/mol. The number of aryl methyl sites for hydroxylation is 4. The quantitative estimate of drug-likeness (QED) is 0.505. The van der Waals surface area contributed by atoms with Gasteiger partial charge in [-0.2, -0.15) is 0 Å². The standard InChI is InChI=1S/C25H35O4P/c1-15-10-17(3)22-19(12-15)21(25(8,9)14-24(5,6)7)20-13-16(2)11-18(4)23(20)29-30(26,27)28-22/h10-13,21H,14H2,1-9H3,(H,26,27). The van der Waals surface area contributed by atoms with Crippen molar-refractivity contribution >= 4 is 7.82 Å². The molecule has 4 nitrogen and oxygen atoms in total. The van der Waals surface area contributed by atoms with Crippen LogP contribution in [-0.2, 0) is 4.57 Å². The molecule has 0 fully saturated rings. The van der Waals surface area contributed by atoms with Crippen LogP contribution in [0.4, 0.5) is 0 Å². The van der Waals surface area contributed by atoms with Gasteiger partial charge in [-0.3, -0.25) is 4.89 Å². The minimum absolute atomic E-state index is 0.0563. The molecule has 0 aliphatic carbocycles. The third kappa shape index (κ3) is 4.60. The Kier molecular flexibility index (Phi) is 5.67. The number of benzene rings is 2. The molecule has 2 aromatic carbocycles. The Balaban J connectivity index is 2.42. The zero-order chi connectivity index (χ0) is 22.6. The van der Waals surface area contributed by atoms with Crippen LogP contribution in [0.25, 0.3) is 0 Å². The first kappa shape index (κ1) is 22.9. The molecular formula is C25H35O4P. The highest BCUT2D eigenvalue weighted by Gasteiger charge is 2.43. The van der Waals surface area contributed by atoms with Gasteiger partial charge < -0.3 is 9.05 Å². The molecule has 0 bridgehead atoms. The lowest BCUT2D eigenvalue weighted by Gasteiger charge is -2.42. The predicted molar refractivity (Wildman–Crippen MR) is 123 cm³/mol. The van der Waals surface area contributed by atoms with E-state index in [0.29, 0.717) is 11.5 Å². The van der Waals surface area contributed by atoms with Crippen LogP contribution in [0.1, 0.15) is 80.3 Å². The number of phosphoric ester groups is 1. The second kappa shape index (κ2) is 7.43. The molecule has 2 aromatic rings. The SMILES string of the molecule is Cc1cc(C)c2c(c1)C(C(C)(C)CC(C)(C)C)c1cc(C)cc(C)c1OP(=O)(O)O2. The van der Waals surface area contributed by atoms with E-state index in [2.05, 4.69) is 60.6 Å². The first-order valence-electron chi connectivity index (χ1n) is 10.5. The molecule has 1 N–H and O–H groups in total. The largest absolute Gasteiger partial charge is 0.584 e. The second-order valence-electron chi connectivity index (χ2n) is 10.8. The summed E-state index contributed by atoms with van der Waals surface area (Å²) in [6, 6.07) is 8.17.